The van der Waals surface area contributed by atoms with Crippen molar-refractivity contribution < 1.29 is 9.59 Å². The molecular weight excluding hydrogens is 335 g/mol. The third kappa shape index (κ3) is 7.71. The monoisotopic (exact) mass is 358 g/mol. The zero-order valence-electron chi connectivity index (χ0n) is 13.7. The average Bonchev–Trinajstić information content (AvgIpc) is 2.48. The lowest BCUT2D eigenvalue weighted by Crippen LogP contribution is -2.35. The van der Waals surface area contributed by atoms with Gasteiger partial charge in [0, 0.05) is 43.0 Å². The summed E-state index contributed by atoms with van der Waals surface area (Å²) in [7, 11) is 0. The van der Waals surface area contributed by atoms with Crippen molar-refractivity contribution in [2.45, 2.75) is 39.5 Å². The number of halogens is 2. The largest absolute Gasteiger partial charge is 0.356 e. The molecule has 0 unspecified atom stereocenters. The third-order valence-corrected chi connectivity index (χ3v) is 4.16. The number of benzene rings is 1. The molecule has 0 aliphatic carbocycles. The van der Waals surface area contributed by atoms with Crippen LogP contribution in [-0.4, -0.2) is 36.3 Å². The molecular formula is C17H24Cl2N2O2. The number of rotatable bonds is 9. The predicted molar refractivity (Wildman–Crippen MR) is 95.0 cm³/mol. The highest BCUT2D eigenvalue weighted by molar-refractivity contribution is 6.35. The van der Waals surface area contributed by atoms with Crippen molar-refractivity contribution in [3.63, 3.8) is 0 Å². The summed E-state index contributed by atoms with van der Waals surface area (Å²) in [5.41, 5.74) is 0.940. The van der Waals surface area contributed by atoms with Crippen LogP contribution in [0.25, 0.3) is 0 Å². The molecule has 0 saturated heterocycles. The number of amides is 2. The molecule has 0 fully saturated rings. The molecule has 1 N–H and O–H groups in total. The number of hydrogen-bond acceptors (Lipinski definition) is 2. The molecule has 0 aliphatic rings. The van der Waals surface area contributed by atoms with E-state index in [-0.39, 0.29) is 11.8 Å². The Morgan fingerprint density at radius 2 is 1.96 bits per heavy atom. The van der Waals surface area contributed by atoms with Crippen molar-refractivity contribution in [3.8, 4) is 0 Å². The van der Waals surface area contributed by atoms with Crippen LogP contribution < -0.4 is 5.32 Å². The second kappa shape index (κ2) is 10.5. The highest BCUT2D eigenvalue weighted by Crippen LogP contribution is 2.21. The Labute approximate surface area is 148 Å². The van der Waals surface area contributed by atoms with Crippen LogP contribution in [0.2, 0.25) is 10.0 Å². The van der Waals surface area contributed by atoms with E-state index in [9.17, 15) is 9.59 Å². The van der Waals surface area contributed by atoms with Gasteiger partial charge in [0.25, 0.3) is 0 Å². The molecule has 1 aromatic rings. The average molecular weight is 359 g/mol. The van der Waals surface area contributed by atoms with E-state index in [4.69, 9.17) is 23.2 Å². The van der Waals surface area contributed by atoms with Crippen molar-refractivity contribution in [1.29, 1.82) is 0 Å². The second-order valence-corrected chi connectivity index (χ2v) is 6.29. The van der Waals surface area contributed by atoms with Gasteiger partial charge < -0.3 is 10.2 Å². The number of nitrogens with zero attached hydrogens (tertiary/aromatic N) is 1. The standard InChI is InChI=1S/C17H24Cl2N2O2/c1-3-4-9-20-17(23)8-11-21(13(2)22)10-7-14-5-6-15(18)12-16(14)19/h5-6,12H,3-4,7-11H2,1-2H3,(H,20,23). The Morgan fingerprint density at radius 3 is 2.57 bits per heavy atom. The lowest BCUT2D eigenvalue weighted by Gasteiger charge is -2.21. The summed E-state index contributed by atoms with van der Waals surface area (Å²) < 4.78 is 0. The summed E-state index contributed by atoms with van der Waals surface area (Å²) in [5, 5.41) is 4.04. The molecule has 6 heteroatoms. The molecule has 128 valence electrons. The van der Waals surface area contributed by atoms with Crippen molar-refractivity contribution >= 4 is 35.0 Å². The number of carbonyl (C=O) groups is 2. The molecule has 4 nitrogen and oxygen atoms in total. The van der Waals surface area contributed by atoms with Gasteiger partial charge in [0.05, 0.1) is 0 Å². The molecule has 0 bridgehead atoms. The Hall–Kier alpha value is -1.26. The van der Waals surface area contributed by atoms with Crippen LogP contribution >= 0.6 is 23.2 Å². The summed E-state index contributed by atoms with van der Waals surface area (Å²) in [6, 6.07) is 5.33. The quantitative estimate of drug-likeness (QED) is 0.684. The van der Waals surface area contributed by atoms with E-state index in [2.05, 4.69) is 12.2 Å². The first kappa shape index (κ1) is 19.8. The Balaban J connectivity index is 2.46. The third-order valence-electron chi connectivity index (χ3n) is 3.57. The number of unbranched alkanes of at least 4 members (excludes halogenated alkanes) is 1. The smallest absolute Gasteiger partial charge is 0.221 e. The van der Waals surface area contributed by atoms with E-state index in [0.717, 1.165) is 18.4 Å². The number of hydrogen-bond donors (Lipinski definition) is 1. The van der Waals surface area contributed by atoms with Gasteiger partial charge in [-0.3, -0.25) is 9.59 Å². The van der Waals surface area contributed by atoms with Crippen LogP contribution in [0.15, 0.2) is 18.2 Å². The van der Waals surface area contributed by atoms with E-state index in [0.29, 0.717) is 42.5 Å². The highest BCUT2D eigenvalue weighted by Gasteiger charge is 2.12. The molecule has 0 radical (unpaired) electrons. The van der Waals surface area contributed by atoms with Crippen LogP contribution in [-0.2, 0) is 16.0 Å². The molecule has 1 aromatic carbocycles. The minimum atomic E-state index is -0.0450. The van der Waals surface area contributed by atoms with Crippen molar-refractivity contribution in [2.24, 2.45) is 0 Å². The Kier molecular flexibility index (Phi) is 9.03. The maximum Gasteiger partial charge on any atom is 0.221 e. The fourth-order valence-corrected chi connectivity index (χ4v) is 2.64. The van der Waals surface area contributed by atoms with Crippen LogP contribution in [0.1, 0.15) is 38.7 Å². The maximum atomic E-state index is 11.7. The molecule has 2 amide bonds. The first-order valence-corrected chi connectivity index (χ1v) is 8.65. The molecule has 0 atom stereocenters. The van der Waals surface area contributed by atoms with Gasteiger partial charge in [0.15, 0.2) is 0 Å². The Morgan fingerprint density at radius 1 is 1.22 bits per heavy atom. The SMILES string of the molecule is CCCCNC(=O)CCN(CCc1ccc(Cl)cc1Cl)C(C)=O. The van der Waals surface area contributed by atoms with Crippen molar-refractivity contribution in [1.82, 2.24) is 10.2 Å². The van der Waals surface area contributed by atoms with E-state index in [1.54, 1.807) is 17.0 Å². The van der Waals surface area contributed by atoms with E-state index in [1.807, 2.05) is 6.07 Å². The van der Waals surface area contributed by atoms with Crippen LogP contribution in [0.3, 0.4) is 0 Å². The summed E-state index contributed by atoms with van der Waals surface area (Å²) in [6.07, 6.45) is 2.96. The first-order valence-electron chi connectivity index (χ1n) is 7.90. The summed E-state index contributed by atoms with van der Waals surface area (Å²) in [5.74, 6) is -0.0642. The van der Waals surface area contributed by atoms with E-state index < -0.39 is 0 Å². The van der Waals surface area contributed by atoms with Crippen LogP contribution in [0, 0.1) is 0 Å². The Bertz CT molecular complexity index is 535. The van der Waals surface area contributed by atoms with Gasteiger partial charge in [-0.1, -0.05) is 42.6 Å². The minimum Gasteiger partial charge on any atom is -0.356 e. The molecule has 0 saturated carbocycles. The van der Waals surface area contributed by atoms with Gasteiger partial charge in [-0.05, 0) is 30.5 Å². The van der Waals surface area contributed by atoms with Crippen LogP contribution in [0.4, 0.5) is 0 Å². The molecule has 0 aromatic heterocycles. The minimum absolute atomic E-state index is 0.0192. The van der Waals surface area contributed by atoms with Crippen LogP contribution in [0.5, 0.6) is 0 Å². The van der Waals surface area contributed by atoms with E-state index in [1.165, 1.54) is 6.92 Å². The number of carbonyl (C=O) groups excluding carboxylic acids is 2. The van der Waals surface area contributed by atoms with E-state index >= 15 is 0 Å². The van der Waals surface area contributed by atoms with Gasteiger partial charge in [-0.15, -0.1) is 0 Å². The predicted octanol–water partition coefficient (Wildman–Crippen LogP) is 3.69. The fourth-order valence-electron chi connectivity index (χ4n) is 2.14. The second-order valence-electron chi connectivity index (χ2n) is 5.45. The summed E-state index contributed by atoms with van der Waals surface area (Å²) in [6.45, 7) is 5.22. The topological polar surface area (TPSA) is 49.4 Å². The van der Waals surface area contributed by atoms with Crippen molar-refractivity contribution in [3.05, 3.63) is 33.8 Å². The highest BCUT2D eigenvalue weighted by atomic mass is 35.5. The van der Waals surface area contributed by atoms with Gasteiger partial charge in [0.2, 0.25) is 11.8 Å². The fraction of sp³-hybridized carbons (Fsp3) is 0.529. The van der Waals surface area contributed by atoms with Crippen molar-refractivity contribution in [2.75, 3.05) is 19.6 Å². The molecule has 0 spiro atoms. The van der Waals surface area contributed by atoms with Gasteiger partial charge in [0.1, 0.15) is 0 Å². The maximum absolute atomic E-state index is 11.7. The molecule has 0 aliphatic heterocycles. The van der Waals surface area contributed by atoms with Gasteiger partial charge in [-0.25, -0.2) is 0 Å². The molecule has 0 heterocycles. The molecule has 1 rings (SSSR count). The zero-order valence-corrected chi connectivity index (χ0v) is 15.2. The van der Waals surface area contributed by atoms with Gasteiger partial charge >= 0.3 is 0 Å². The lowest BCUT2D eigenvalue weighted by atomic mass is 10.1. The van der Waals surface area contributed by atoms with Gasteiger partial charge in [-0.2, -0.15) is 0 Å². The summed E-state index contributed by atoms with van der Waals surface area (Å²) in [4.78, 5) is 25.1. The normalized spacial score (nSPS) is 10.4. The zero-order chi connectivity index (χ0) is 17.2. The lowest BCUT2D eigenvalue weighted by molar-refractivity contribution is -0.129. The number of nitrogens with one attached hydrogen (secondary N) is 1. The first-order chi connectivity index (χ1) is 10.9. The summed E-state index contributed by atoms with van der Waals surface area (Å²) >= 11 is 12.0. The molecule has 23 heavy (non-hydrogen) atoms.